The number of hydrogen-bond acceptors (Lipinski definition) is 5. The van der Waals surface area contributed by atoms with Gasteiger partial charge < -0.3 is 29.2 Å². The number of methoxy groups -OCH3 is 1. The van der Waals surface area contributed by atoms with Crippen molar-refractivity contribution in [2.75, 3.05) is 40.0 Å². The summed E-state index contributed by atoms with van der Waals surface area (Å²) in [5, 5.41) is 3.09. The van der Waals surface area contributed by atoms with Gasteiger partial charge in [0.25, 0.3) is 0 Å². The SMILES string of the molecule is COc1ccc2c(c1)C[C@H](NC(=O)N1CCC3(CC1)OCCO3)CO2. The topological polar surface area (TPSA) is 69.3 Å². The van der Waals surface area contributed by atoms with Crippen molar-refractivity contribution in [2.45, 2.75) is 31.1 Å². The number of carbonyl (C=O) groups excluding carboxylic acids is 1. The van der Waals surface area contributed by atoms with E-state index in [4.69, 9.17) is 18.9 Å². The van der Waals surface area contributed by atoms with Crippen LogP contribution in [-0.4, -0.2) is 62.8 Å². The summed E-state index contributed by atoms with van der Waals surface area (Å²) >= 11 is 0. The number of piperidine rings is 1. The van der Waals surface area contributed by atoms with E-state index in [1.807, 2.05) is 23.1 Å². The van der Waals surface area contributed by atoms with E-state index in [1.54, 1.807) is 7.11 Å². The number of nitrogens with zero attached hydrogens (tertiary/aromatic N) is 1. The second-order valence-corrected chi connectivity index (χ2v) is 6.73. The summed E-state index contributed by atoms with van der Waals surface area (Å²) < 4.78 is 22.4. The number of nitrogens with one attached hydrogen (secondary N) is 1. The Balaban J connectivity index is 1.32. The molecule has 2 amide bonds. The molecule has 2 saturated heterocycles. The van der Waals surface area contributed by atoms with Crippen molar-refractivity contribution in [3.63, 3.8) is 0 Å². The summed E-state index contributed by atoms with van der Waals surface area (Å²) in [5.74, 6) is 1.20. The molecule has 3 aliphatic rings. The van der Waals surface area contributed by atoms with Crippen LogP contribution in [0.1, 0.15) is 18.4 Å². The Morgan fingerprint density at radius 3 is 2.76 bits per heavy atom. The molecule has 25 heavy (non-hydrogen) atoms. The van der Waals surface area contributed by atoms with E-state index in [2.05, 4.69) is 5.32 Å². The molecule has 7 heteroatoms. The van der Waals surface area contributed by atoms with E-state index in [9.17, 15) is 4.79 Å². The van der Waals surface area contributed by atoms with Gasteiger partial charge in [0.05, 0.1) is 26.4 Å². The van der Waals surface area contributed by atoms with Crippen molar-refractivity contribution in [1.29, 1.82) is 0 Å². The first-order valence-corrected chi connectivity index (χ1v) is 8.80. The summed E-state index contributed by atoms with van der Waals surface area (Å²) in [7, 11) is 1.64. The number of benzene rings is 1. The van der Waals surface area contributed by atoms with Crippen LogP contribution in [0.4, 0.5) is 4.79 Å². The first-order valence-electron chi connectivity index (χ1n) is 8.80. The van der Waals surface area contributed by atoms with Gasteiger partial charge in [0, 0.05) is 25.9 Å². The van der Waals surface area contributed by atoms with Crippen molar-refractivity contribution in [1.82, 2.24) is 10.2 Å². The molecule has 1 aromatic carbocycles. The van der Waals surface area contributed by atoms with Gasteiger partial charge >= 0.3 is 6.03 Å². The molecule has 136 valence electrons. The molecule has 2 fully saturated rings. The molecule has 0 bridgehead atoms. The maximum Gasteiger partial charge on any atom is 0.317 e. The van der Waals surface area contributed by atoms with Gasteiger partial charge in [-0.3, -0.25) is 0 Å². The Morgan fingerprint density at radius 1 is 1.28 bits per heavy atom. The molecule has 1 N–H and O–H groups in total. The van der Waals surface area contributed by atoms with Crippen LogP contribution in [-0.2, 0) is 15.9 Å². The van der Waals surface area contributed by atoms with Crippen LogP contribution in [0.5, 0.6) is 11.5 Å². The minimum atomic E-state index is -0.458. The lowest BCUT2D eigenvalue weighted by atomic mass is 10.0. The molecule has 0 unspecified atom stereocenters. The lowest BCUT2D eigenvalue weighted by molar-refractivity contribution is -0.181. The average Bonchev–Trinajstić information content (AvgIpc) is 3.09. The summed E-state index contributed by atoms with van der Waals surface area (Å²) in [5.41, 5.74) is 1.06. The van der Waals surface area contributed by atoms with Gasteiger partial charge in [-0.05, 0) is 30.2 Å². The standard InChI is InChI=1S/C18H24N2O5/c1-22-15-2-3-16-13(11-15)10-14(12-23-16)19-17(21)20-6-4-18(5-7-20)24-8-9-25-18/h2-3,11,14H,4-10,12H2,1H3,(H,19,21)/t14-/m0/s1. The zero-order chi connectivity index (χ0) is 17.3. The summed E-state index contributed by atoms with van der Waals surface area (Å²) in [6.07, 6.45) is 2.19. The number of hydrogen-bond donors (Lipinski definition) is 1. The highest BCUT2D eigenvalue weighted by Gasteiger charge is 2.41. The van der Waals surface area contributed by atoms with Crippen LogP contribution in [0, 0.1) is 0 Å². The van der Waals surface area contributed by atoms with Crippen LogP contribution in [0.2, 0.25) is 0 Å². The molecule has 1 spiro atoms. The second-order valence-electron chi connectivity index (χ2n) is 6.73. The van der Waals surface area contributed by atoms with E-state index in [0.29, 0.717) is 32.9 Å². The Hall–Kier alpha value is -1.99. The fourth-order valence-electron chi connectivity index (χ4n) is 3.69. The third-order valence-electron chi connectivity index (χ3n) is 5.13. The first-order chi connectivity index (χ1) is 12.2. The Morgan fingerprint density at radius 2 is 2.04 bits per heavy atom. The monoisotopic (exact) mass is 348 g/mol. The third kappa shape index (κ3) is 3.39. The second kappa shape index (κ2) is 6.72. The molecular weight excluding hydrogens is 324 g/mol. The Bertz CT molecular complexity index is 634. The van der Waals surface area contributed by atoms with E-state index in [0.717, 1.165) is 36.3 Å². The number of fused-ring (bicyclic) bond motifs is 1. The molecule has 3 heterocycles. The highest BCUT2D eigenvalue weighted by molar-refractivity contribution is 5.74. The van der Waals surface area contributed by atoms with Gasteiger partial charge in [0.1, 0.15) is 18.1 Å². The lowest BCUT2D eigenvalue weighted by Gasteiger charge is -2.38. The maximum atomic E-state index is 12.6. The molecule has 7 nitrogen and oxygen atoms in total. The van der Waals surface area contributed by atoms with Crippen LogP contribution in [0.25, 0.3) is 0 Å². The zero-order valence-electron chi connectivity index (χ0n) is 14.5. The van der Waals surface area contributed by atoms with E-state index >= 15 is 0 Å². The van der Waals surface area contributed by atoms with Crippen molar-refractivity contribution in [2.24, 2.45) is 0 Å². The van der Waals surface area contributed by atoms with E-state index in [1.165, 1.54) is 0 Å². The number of ether oxygens (including phenoxy) is 4. The molecule has 0 aliphatic carbocycles. The van der Waals surface area contributed by atoms with Crippen LogP contribution in [0.15, 0.2) is 18.2 Å². The van der Waals surface area contributed by atoms with Gasteiger partial charge in [0.15, 0.2) is 5.79 Å². The minimum absolute atomic E-state index is 0.0398. The van der Waals surface area contributed by atoms with Crippen LogP contribution >= 0.6 is 0 Å². The molecule has 0 saturated carbocycles. The molecular formula is C18H24N2O5. The first kappa shape index (κ1) is 16.5. The minimum Gasteiger partial charge on any atom is -0.497 e. The number of rotatable bonds is 2. The van der Waals surface area contributed by atoms with Gasteiger partial charge in [-0.25, -0.2) is 4.79 Å². The van der Waals surface area contributed by atoms with Crippen molar-refractivity contribution >= 4 is 6.03 Å². The van der Waals surface area contributed by atoms with E-state index in [-0.39, 0.29) is 12.1 Å². The normalized spacial score (nSPS) is 24.5. The molecule has 1 aromatic rings. The number of likely N-dealkylation sites (tertiary alicyclic amines) is 1. The van der Waals surface area contributed by atoms with Crippen molar-refractivity contribution in [3.8, 4) is 11.5 Å². The van der Waals surface area contributed by atoms with E-state index < -0.39 is 5.79 Å². The molecule has 4 rings (SSSR count). The molecule has 1 atom stereocenters. The van der Waals surface area contributed by atoms with Crippen molar-refractivity contribution in [3.05, 3.63) is 23.8 Å². The van der Waals surface area contributed by atoms with Crippen LogP contribution in [0.3, 0.4) is 0 Å². The van der Waals surface area contributed by atoms with Crippen molar-refractivity contribution < 1.29 is 23.7 Å². The molecule has 0 radical (unpaired) electrons. The smallest absolute Gasteiger partial charge is 0.317 e. The third-order valence-corrected chi connectivity index (χ3v) is 5.13. The fourth-order valence-corrected chi connectivity index (χ4v) is 3.69. The van der Waals surface area contributed by atoms with Gasteiger partial charge in [-0.1, -0.05) is 0 Å². The number of carbonyl (C=O) groups is 1. The fraction of sp³-hybridized carbons (Fsp3) is 0.611. The van der Waals surface area contributed by atoms with Gasteiger partial charge in [-0.2, -0.15) is 0 Å². The predicted octanol–water partition coefficient (Wildman–Crippen LogP) is 1.55. The van der Waals surface area contributed by atoms with Crippen LogP contribution < -0.4 is 14.8 Å². The largest absolute Gasteiger partial charge is 0.497 e. The van der Waals surface area contributed by atoms with Gasteiger partial charge in [0.2, 0.25) is 0 Å². The highest BCUT2D eigenvalue weighted by Crippen LogP contribution is 2.32. The molecule has 3 aliphatic heterocycles. The zero-order valence-corrected chi connectivity index (χ0v) is 14.5. The number of urea groups is 1. The highest BCUT2D eigenvalue weighted by atomic mass is 16.7. The Labute approximate surface area is 147 Å². The Kier molecular flexibility index (Phi) is 4.43. The molecule has 0 aromatic heterocycles. The van der Waals surface area contributed by atoms with Gasteiger partial charge in [-0.15, -0.1) is 0 Å². The number of amides is 2. The lowest BCUT2D eigenvalue weighted by Crippen LogP contribution is -2.53. The average molecular weight is 348 g/mol. The summed E-state index contributed by atoms with van der Waals surface area (Å²) in [6, 6.07) is 5.68. The quantitative estimate of drug-likeness (QED) is 0.878. The summed E-state index contributed by atoms with van der Waals surface area (Å²) in [4.78, 5) is 14.4. The summed E-state index contributed by atoms with van der Waals surface area (Å²) in [6.45, 7) is 3.06. The predicted molar refractivity (Wildman–Crippen MR) is 90.0 cm³/mol. The maximum absolute atomic E-state index is 12.6.